The summed E-state index contributed by atoms with van der Waals surface area (Å²) < 4.78 is 27.6. The van der Waals surface area contributed by atoms with Crippen LogP contribution in [0.2, 0.25) is 0 Å². The fraction of sp³-hybridized carbons (Fsp3) is 0.533. The van der Waals surface area contributed by atoms with Crippen LogP contribution in [0.3, 0.4) is 0 Å². The summed E-state index contributed by atoms with van der Waals surface area (Å²) in [5.41, 5.74) is 0.547. The highest BCUT2D eigenvalue weighted by molar-refractivity contribution is 7.89. The van der Waals surface area contributed by atoms with Gasteiger partial charge in [0, 0.05) is 12.0 Å². The molecule has 5 nitrogen and oxygen atoms in total. The number of sulfonamides is 1. The average molecular weight is 311 g/mol. The van der Waals surface area contributed by atoms with E-state index in [1.165, 1.54) is 0 Å². The minimum atomic E-state index is -3.51. The first-order chi connectivity index (χ1) is 9.87. The van der Waals surface area contributed by atoms with Crippen LogP contribution in [-0.4, -0.2) is 25.0 Å². The van der Waals surface area contributed by atoms with Gasteiger partial charge in [-0.05, 0) is 49.8 Å². The molecule has 1 aliphatic carbocycles. The molecule has 6 heteroatoms. The van der Waals surface area contributed by atoms with Crippen LogP contribution < -0.4 is 4.72 Å². The number of hydrogen-bond donors (Lipinski definition) is 2. The van der Waals surface area contributed by atoms with E-state index in [-0.39, 0.29) is 16.9 Å². The van der Waals surface area contributed by atoms with Crippen LogP contribution in [0.15, 0.2) is 29.2 Å². The Morgan fingerprint density at radius 2 is 1.90 bits per heavy atom. The smallest absolute Gasteiger partial charge is 0.303 e. The second-order valence-electron chi connectivity index (χ2n) is 5.63. The van der Waals surface area contributed by atoms with Crippen molar-refractivity contribution in [1.82, 2.24) is 4.72 Å². The van der Waals surface area contributed by atoms with E-state index >= 15 is 0 Å². The second-order valence-corrected chi connectivity index (χ2v) is 7.31. The number of aliphatic carboxylic acids is 1. The van der Waals surface area contributed by atoms with Crippen LogP contribution in [0.1, 0.15) is 44.6 Å². The van der Waals surface area contributed by atoms with Crippen LogP contribution in [0.5, 0.6) is 0 Å². The van der Waals surface area contributed by atoms with Gasteiger partial charge in [-0.15, -0.1) is 0 Å². The zero-order valence-corrected chi connectivity index (χ0v) is 12.9. The number of benzene rings is 1. The third-order valence-electron chi connectivity index (χ3n) is 4.20. The lowest BCUT2D eigenvalue weighted by molar-refractivity contribution is -0.136. The molecule has 0 aromatic heterocycles. The molecule has 21 heavy (non-hydrogen) atoms. The van der Waals surface area contributed by atoms with Crippen LogP contribution in [0.25, 0.3) is 0 Å². The van der Waals surface area contributed by atoms with Gasteiger partial charge in [-0.1, -0.05) is 19.1 Å². The molecular formula is C15H21NO4S. The van der Waals surface area contributed by atoms with Gasteiger partial charge in [0.25, 0.3) is 0 Å². The molecule has 1 fully saturated rings. The van der Waals surface area contributed by atoms with E-state index in [0.29, 0.717) is 6.42 Å². The highest BCUT2D eigenvalue weighted by Crippen LogP contribution is 2.36. The van der Waals surface area contributed by atoms with E-state index < -0.39 is 16.0 Å². The van der Waals surface area contributed by atoms with Crippen molar-refractivity contribution in [1.29, 1.82) is 0 Å². The summed E-state index contributed by atoms with van der Waals surface area (Å²) in [7, 11) is -3.51. The molecule has 1 aliphatic rings. The Bertz CT molecular complexity index is 598. The molecule has 1 aromatic carbocycles. The third-order valence-corrected chi connectivity index (χ3v) is 5.79. The molecule has 0 saturated heterocycles. The quantitative estimate of drug-likeness (QED) is 0.809. The number of carboxylic acid groups (broad SMARTS) is 1. The largest absolute Gasteiger partial charge is 0.481 e. The Morgan fingerprint density at radius 1 is 1.29 bits per heavy atom. The molecular weight excluding hydrogens is 290 g/mol. The van der Waals surface area contributed by atoms with E-state index in [1.807, 2.05) is 6.92 Å². The molecule has 0 aliphatic heterocycles. The number of rotatable bonds is 7. The summed E-state index contributed by atoms with van der Waals surface area (Å²) in [4.78, 5) is 10.8. The van der Waals surface area contributed by atoms with Gasteiger partial charge in [-0.2, -0.15) is 0 Å². The van der Waals surface area contributed by atoms with Gasteiger partial charge >= 0.3 is 5.97 Å². The third kappa shape index (κ3) is 3.83. The lowest BCUT2D eigenvalue weighted by Crippen LogP contribution is -2.52. The molecule has 116 valence electrons. The standard InChI is InChI=1S/C15H21NO4S/c1-2-15(10-3-11-15)16-21(19,20)13-7-4-12(5-8-13)6-9-14(17)18/h4-5,7-8,16H,2-3,6,9-11H2,1H3,(H,17,18). The van der Waals surface area contributed by atoms with Crippen molar-refractivity contribution < 1.29 is 18.3 Å². The number of carbonyl (C=O) groups is 1. The molecule has 0 amide bonds. The fourth-order valence-electron chi connectivity index (χ4n) is 2.56. The summed E-state index contributed by atoms with van der Waals surface area (Å²) in [5.74, 6) is -0.858. The zero-order valence-electron chi connectivity index (χ0n) is 12.1. The minimum absolute atomic E-state index is 0.0449. The van der Waals surface area contributed by atoms with Gasteiger partial charge in [-0.25, -0.2) is 13.1 Å². The van der Waals surface area contributed by atoms with Crippen LogP contribution in [0, 0.1) is 0 Å². The zero-order chi connectivity index (χ0) is 15.5. The topological polar surface area (TPSA) is 83.5 Å². The lowest BCUT2D eigenvalue weighted by atomic mass is 9.76. The summed E-state index contributed by atoms with van der Waals surface area (Å²) in [6.07, 6.45) is 4.08. The number of aryl methyl sites for hydroxylation is 1. The fourth-order valence-corrected chi connectivity index (χ4v) is 4.09. The first-order valence-corrected chi connectivity index (χ1v) is 8.70. The summed E-state index contributed by atoms with van der Waals surface area (Å²) in [5, 5.41) is 8.64. The highest BCUT2D eigenvalue weighted by atomic mass is 32.2. The van der Waals surface area contributed by atoms with Crippen molar-refractivity contribution >= 4 is 16.0 Å². The van der Waals surface area contributed by atoms with Crippen LogP contribution in [-0.2, 0) is 21.2 Å². The minimum Gasteiger partial charge on any atom is -0.481 e. The SMILES string of the molecule is CCC1(NS(=O)(=O)c2ccc(CCC(=O)O)cc2)CCC1. The van der Waals surface area contributed by atoms with E-state index in [9.17, 15) is 13.2 Å². The average Bonchev–Trinajstić information content (AvgIpc) is 2.41. The molecule has 0 spiro atoms. The predicted octanol–water partition coefficient (Wildman–Crippen LogP) is 2.31. The van der Waals surface area contributed by atoms with E-state index in [1.54, 1.807) is 24.3 Å². The van der Waals surface area contributed by atoms with Crippen LogP contribution >= 0.6 is 0 Å². The lowest BCUT2D eigenvalue weighted by Gasteiger charge is -2.41. The Labute approximate surface area is 125 Å². The molecule has 0 bridgehead atoms. The number of nitrogens with one attached hydrogen (secondary N) is 1. The van der Waals surface area contributed by atoms with E-state index in [0.717, 1.165) is 31.2 Å². The van der Waals surface area contributed by atoms with Gasteiger partial charge in [-0.3, -0.25) is 4.79 Å². The van der Waals surface area contributed by atoms with Crippen molar-refractivity contribution in [2.45, 2.75) is 55.9 Å². The molecule has 0 radical (unpaired) electrons. The Morgan fingerprint density at radius 3 is 2.33 bits per heavy atom. The maximum Gasteiger partial charge on any atom is 0.303 e. The molecule has 0 atom stereocenters. The highest BCUT2D eigenvalue weighted by Gasteiger charge is 2.38. The van der Waals surface area contributed by atoms with Crippen molar-refractivity contribution in [2.24, 2.45) is 0 Å². The van der Waals surface area contributed by atoms with Gasteiger partial charge in [0.05, 0.1) is 4.90 Å². The maximum atomic E-state index is 12.4. The normalized spacial score (nSPS) is 17.2. The molecule has 2 rings (SSSR count). The van der Waals surface area contributed by atoms with Gasteiger partial charge in [0.1, 0.15) is 0 Å². The van der Waals surface area contributed by atoms with Crippen LogP contribution in [0.4, 0.5) is 0 Å². The van der Waals surface area contributed by atoms with Gasteiger partial charge in [0.2, 0.25) is 10.0 Å². The molecule has 2 N–H and O–H groups in total. The summed E-state index contributed by atoms with van der Waals surface area (Å²) in [6, 6.07) is 6.44. The van der Waals surface area contributed by atoms with Crippen molar-refractivity contribution in [3.63, 3.8) is 0 Å². The Balaban J connectivity index is 2.08. The van der Waals surface area contributed by atoms with Crippen molar-refractivity contribution in [2.75, 3.05) is 0 Å². The molecule has 1 saturated carbocycles. The summed E-state index contributed by atoms with van der Waals surface area (Å²) >= 11 is 0. The first-order valence-electron chi connectivity index (χ1n) is 7.22. The Hall–Kier alpha value is -1.40. The van der Waals surface area contributed by atoms with Crippen molar-refractivity contribution in [3.8, 4) is 0 Å². The number of hydrogen-bond acceptors (Lipinski definition) is 3. The molecule has 0 unspecified atom stereocenters. The number of carboxylic acids is 1. The van der Waals surface area contributed by atoms with E-state index in [2.05, 4.69) is 4.72 Å². The summed E-state index contributed by atoms with van der Waals surface area (Å²) in [6.45, 7) is 2.00. The molecule has 1 aromatic rings. The first kappa shape index (κ1) is 16.0. The monoisotopic (exact) mass is 311 g/mol. The van der Waals surface area contributed by atoms with E-state index in [4.69, 9.17) is 5.11 Å². The van der Waals surface area contributed by atoms with Gasteiger partial charge in [0.15, 0.2) is 0 Å². The maximum absolute atomic E-state index is 12.4. The van der Waals surface area contributed by atoms with Crippen molar-refractivity contribution in [3.05, 3.63) is 29.8 Å². The second kappa shape index (κ2) is 6.15. The Kier molecular flexibility index (Phi) is 4.68. The molecule has 0 heterocycles. The van der Waals surface area contributed by atoms with Gasteiger partial charge < -0.3 is 5.11 Å². The predicted molar refractivity (Wildman–Crippen MR) is 79.6 cm³/mol.